The summed E-state index contributed by atoms with van der Waals surface area (Å²) in [4.78, 5) is 17.6. The van der Waals surface area contributed by atoms with Gasteiger partial charge in [0.1, 0.15) is 0 Å². The van der Waals surface area contributed by atoms with Gasteiger partial charge in [-0.05, 0) is 36.1 Å². The minimum atomic E-state index is -0.288. The molecule has 0 aliphatic heterocycles. The van der Waals surface area contributed by atoms with Crippen molar-refractivity contribution in [3.05, 3.63) is 52.4 Å². The fourth-order valence-electron chi connectivity index (χ4n) is 1.97. The normalized spacial score (nSPS) is 12.1. The van der Waals surface area contributed by atoms with Gasteiger partial charge in [0.2, 0.25) is 11.1 Å². The first-order valence-corrected chi connectivity index (χ1v) is 9.40. The van der Waals surface area contributed by atoms with Crippen LogP contribution < -0.4 is 5.32 Å². The van der Waals surface area contributed by atoms with E-state index in [9.17, 15) is 4.79 Å². The van der Waals surface area contributed by atoms with Crippen molar-refractivity contribution in [2.45, 2.75) is 23.9 Å². The molecule has 8 heteroatoms. The van der Waals surface area contributed by atoms with Crippen molar-refractivity contribution < 1.29 is 4.79 Å². The van der Waals surface area contributed by atoms with Gasteiger partial charge in [-0.2, -0.15) is 0 Å². The molecule has 2 aromatic heterocycles. The van der Waals surface area contributed by atoms with Crippen LogP contribution in [0.2, 0.25) is 5.02 Å². The molecular formula is C16H15ClN4OS2. The van der Waals surface area contributed by atoms with Crippen LogP contribution in [-0.4, -0.2) is 26.3 Å². The molecule has 0 saturated carbocycles. The number of halogens is 1. The zero-order chi connectivity index (χ0) is 16.9. The molecule has 0 aliphatic rings. The van der Waals surface area contributed by atoms with E-state index < -0.39 is 0 Å². The summed E-state index contributed by atoms with van der Waals surface area (Å²) in [6.07, 6.45) is 0. The maximum atomic E-state index is 12.2. The van der Waals surface area contributed by atoms with Crippen molar-refractivity contribution in [3.63, 3.8) is 0 Å². The smallest absolute Gasteiger partial charge is 0.233 e. The largest absolute Gasteiger partial charge is 0.351 e. The summed E-state index contributed by atoms with van der Waals surface area (Å²) in [5, 5.41) is 12.9. The van der Waals surface area contributed by atoms with Crippen molar-refractivity contribution >= 4 is 40.6 Å². The van der Waals surface area contributed by atoms with Gasteiger partial charge in [-0.25, -0.2) is 4.98 Å². The van der Waals surface area contributed by atoms with Crippen molar-refractivity contribution in [3.8, 4) is 10.7 Å². The highest BCUT2D eigenvalue weighted by atomic mass is 35.5. The minimum Gasteiger partial charge on any atom is -0.351 e. The van der Waals surface area contributed by atoms with Gasteiger partial charge < -0.3 is 5.32 Å². The number of nitrogens with zero attached hydrogens (tertiary/aromatic N) is 2. The lowest BCUT2D eigenvalue weighted by Crippen LogP contribution is -2.30. The first-order chi connectivity index (χ1) is 11.6. The Labute approximate surface area is 152 Å². The molecule has 1 aromatic carbocycles. The summed E-state index contributed by atoms with van der Waals surface area (Å²) in [6.45, 7) is 2.30. The highest BCUT2D eigenvalue weighted by Crippen LogP contribution is 2.25. The summed E-state index contributed by atoms with van der Waals surface area (Å²) in [5.74, 6) is 0.665. The highest BCUT2D eigenvalue weighted by molar-refractivity contribution is 8.00. The Hall–Kier alpha value is -1.83. The van der Waals surface area contributed by atoms with Gasteiger partial charge in [0, 0.05) is 11.6 Å². The number of aromatic amines is 1. The molecule has 0 aliphatic carbocycles. The van der Waals surface area contributed by atoms with Crippen LogP contribution in [0.15, 0.2) is 46.9 Å². The minimum absolute atomic E-state index is 0.0579. The molecule has 2 N–H and O–H groups in total. The molecule has 0 spiro atoms. The first kappa shape index (κ1) is 17.0. The van der Waals surface area contributed by atoms with E-state index in [4.69, 9.17) is 11.6 Å². The summed E-state index contributed by atoms with van der Waals surface area (Å²) in [6, 6.07) is 11.3. The van der Waals surface area contributed by atoms with Crippen LogP contribution in [-0.2, 0) is 11.3 Å². The number of hydrogen-bond acceptors (Lipinski definition) is 5. The van der Waals surface area contributed by atoms with Crippen LogP contribution >= 0.6 is 34.7 Å². The molecule has 0 fully saturated rings. The molecule has 1 unspecified atom stereocenters. The molecule has 1 atom stereocenters. The van der Waals surface area contributed by atoms with Gasteiger partial charge >= 0.3 is 0 Å². The van der Waals surface area contributed by atoms with E-state index in [1.54, 1.807) is 23.5 Å². The average molecular weight is 379 g/mol. The number of amides is 1. The lowest BCUT2D eigenvalue weighted by Gasteiger charge is -2.10. The number of H-pyrrole nitrogens is 1. The molecule has 0 bridgehead atoms. The van der Waals surface area contributed by atoms with Gasteiger partial charge in [0.15, 0.2) is 5.82 Å². The van der Waals surface area contributed by atoms with Gasteiger partial charge in [-0.3, -0.25) is 9.89 Å². The van der Waals surface area contributed by atoms with E-state index in [2.05, 4.69) is 20.5 Å². The molecule has 3 aromatic rings. The summed E-state index contributed by atoms with van der Waals surface area (Å²) >= 11 is 8.76. The van der Waals surface area contributed by atoms with Gasteiger partial charge in [-0.15, -0.1) is 16.4 Å². The third-order valence-corrected chi connectivity index (χ3v) is 5.34. The van der Waals surface area contributed by atoms with E-state index >= 15 is 0 Å². The van der Waals surface area contributed by atoms with Gasteiger partial charge in [-0.1, -0.05) is 41.6 Å². The fraction of sp³-hybridized carbons (Fsp3) is 0.188. The van der Waals surface area contributed by atoms with Crippen LogP contribution in [0.3, 0.4) is 0 Å². The maximum Gasteiger partial charge on any atom is 0.233 e. The second-order valence-electron chi connectivity index (χ2n) is 5.05. The number of nitrogens with one attached hydrogen (secondary N) is 2. The predicted octanol–water partition coefficient (Wildman–Crippen LogP) is 3.98. The second-order valence-corrected chi connectivity index (χ2v) is 7.74. The SMILES string of the molecule is CC(Sc1n[nH]c(-c2cccs2)n1)C(=O)NCc1ccc(Cl)cc1. The maximum absolute atomic E-state index is 12.2. The first-order valence-electron chi connectivity index (χ1n) is 7.27. The highest BCUT2D eigenvalue weighted by Gasteiger charge is 2.17. The lowest BCUT2D eigenvalue weighted by molar-refractivity contribution is -0.120. The van der Waals surface area contributed by atoms with Gasteiger partial charge in [0.25, 0.3) is 0 Å². The van der Waals surface area contributed by atoms with Crippen LogP contribution in [0.1, 0.15) is 12.5 Å². The number of benzene rings is 1. The zero-order valence-electron chi connectivity index (χ0n) is 12.8. The zero-order valence-corrected chi connectivity index (χ0v) is 15.2. The van der Waals surface area contributed by atoms with Crippen molar-refractivity contribution in [1.29, 1.82) is 0 Å². The molecule has 24 heavy (non-hydrogen) atoms. The molecule has 1 amide bonds. The molecule has 0 saturated heterocycles. The molecule has 124 valence electrons. The fourth-order valence-corrected chi connectivity index (χ4v) is 3.51. The second kappa shape index (κ2) is 7.83. The van der Waals surface area contributed by atoms with Crippen LogP contribution in [0.25, 0.3) is 10.7 Å². The average Bonchev–Trinajstić information content (AvgIpc) is 3.25. The summed E-state index contributed by atoms with van der Waals surface area (Å²) in [5.41, 5.74) is 1.00. The quantitative estimate of drug-likeness (QED) is 0.636. The predicted molar refractivity (Wildman–Crippen MR) is 98.3 cm³/mol. The Morgan fingerprint density at radius 2 is 2.17 bits per heavy atom. The number of rotatable bonds is 6. The lowest BCUT2D eigenvalue weighted by atomic mass is 10.2. The Balaban J connectivity index is 1.53. The molecule has 0 radical (unpaired) electrons. The summed E-state index contributed by atoms with van der Waals surface area (Å²) < 4.78 is 0. The Morgan fingerprint density at radius 3 is 2.88 bits per heavy atom. The number of aromatic nitrogens is 3. The number of carbonyl (C=O) groups excluding carboxylic acids is 1. The van der Waals surface area contributed by atoms with E-state index in [0.717, 1.165) is 16.3 Å². The number of thiophene rings is 1. The summed E-state index contributed by atoms with van der Waals surface area (Å²) in [7, 11) is 0. The van der Waals surface area contributed by atoms with Crippen LogP contribution in [0.5, 0.6) is 0 Å². The Bertz CT molecular complexity index is 802. The van der Waals surface area contributed by atoms with Crippen molar-refractivity contribution in [2.24, 2.45) is 0 Å². The number of hydrogen-bond donors (Lipinski definition) is 2. The van der Waals surface area contributed by atoms with Crippen molar-refractivity contribution in [1.82, 2.24) is 20.5 Å². The van der Waals surface area contributed by atoms with E-state index in [1.165, 1.54) is 11.8 Å². The molecule has 5 nitrogen and oxygen atoms in total. The van der Waals surface area contributed by atoms with Gasteiger partial charge in [0.05, 0.1) is 10.1 Å². The van der Waals surface area contributed by atoms with Crippen LogP contribution in [0.4, 0.5) is 0 Å². The molecule has 3 rings (SSSR count). The topological polar surface area (TPSA) is 70.7 Å². The van der Waals surface area contributed by atoms with E-state index in [-0.39, 0.29) is 11.2 Å². The molecule has 2 heterocycles. The third-order valence-electron chi connectivity index (χ3n) is 3.25. The van der Waals surface area contributed by atoms with Crippen molar-refractivity contribution in [2.75, 3.05) is 0 Å². The molecular weight excluding hydrogens is 364 g/mol. The van der Waals surface area contributed by atoms with Crippen LogP contribution in [0, 0.1) is 0 Å². The Morgan fingerprint density at radius 1 is 1.38 bits per heavy atom. The standard InChI is InChI=1S/C16H15ClN4OS2/c1-10(15(22)18-9-11-4-6-12(17)7-5-11)24-16-19-14(20-21-16)13-3-2-8-23-13/h2-8,10H,9H2,1H3,(H,18,22)(H,19,20,21). The van der Waals surface area contributed by atoms with E-state index in [0.29, 0.717) is 16.7 Å². The Kier molecular flexibility index (Phi) is 5.55. The third kappa shape index (κ3) is 4.37. The number of thioether (sulfide) groups is 1. The monoisotopic (exact) mass is 378 g/mol. The van der Waals surface area contributed by atoms with E-state index in [1.807, 2.05) is 36.6 Å². The number of carbonyl (C=O) groups is 1.